The molecular weight excluding hydrogens is 230 g/mol. The summed E-state index contributed by atoms with van der Waals surface area (Å²) in [5, 5.41) is 8.18. The largest absolute Gasteiger partial charge is 0.400 e. The Bertz CT molecular complexity index is 161. The highest BCUT2D eigenvalue weighted by molar-refractivity contribution is 4.74. The van der Waals surface area contributed by atoms with Gasteiger partial charge in [0.2, 0.25) is 0 Å². The summed E-state index contributed by atoms with van der Waals surface area (Å²) >= 11 is 0. The molecule has 0 aromatic carbocycles. The number of halogens is 6. The number of hydrogen-bond acceptors (Lipinski definition) is 2. The maximum atomic E-state index is 11.9. The zero-order valence-electron chi connectivity index (χ0n) is 7.53. The maximum Gasteiger partial charge on any atom is 0.400 e. The van der Waals surface area contributed by atoms with Gasteiger partial charge in [0.1, 0.15) is 0 Å². The average molecular weight is 240 g/mol. The van der Waals surface area contributed by atoms with Crippen molar-refractivity contribution in [2.45, 2.75) is 18.8 Å². The quantitative estimate of drug-likeness (QED) is 0.589. The van der Waals surface area contributed by atoms with E-state index < -0.39 is 37.9 Å². The van der Waals surface area contributed by atoms with Crippen LogP contribution in [0, 0.1) is 5.92 Å². The van der Waals surface area contributed by atoms with Crippen LogP contribution in [0.15, 0.2) is 0 Å². The Hall–Kier alpha value is -0.500. The molecular formula is C7H10F6O2. The van der Waals surface area contributed by atoms with Crippen LogP contribution in [-0.4, -0.2) is 37.3 Å². The SMILES string of the molecule is OCCOCCC(C(F)(F)F)C(F)(F)F. The van der Waals surface area contributed by atoms with Gasteiger partial charge in [-0.2, -0.15) is 26.3 Å². The van der Waals surface area contributed by atoms with Gasteiger partial charge in [0.05, 0.1) is 13.2 Å². The van der Waals surface area contributed by atoms with Crippen LogP contribution in [-0.2, 0) is 4.74 Å². The second-order valence-electron chi connectivity index (χ2n) is 2.76. The van der Waals surface area contributed by atoms with Crippen LogP contribution >= 0.6 is 0 Å². The predicted octanol–water partition coefficient (Wildman–Crippen LogP) is 2.13. The van der Waals surface area contributed by atoms with Gasteiger partial charge in [-0.25, -0.2) is 0 Å². The molecule has 0 saturated carbocycles. The fraction of sp³-hybridized carbons (Fsp3) is 1.00. The van der Waals surface area contributed by atoms with Crippen LogP contribution in [0.1, 0.15) is 6.42 Å². The average Bonchev–Trinajstić information content (AvgIpc) is 1.99. The van der Waals surface area contributed by atoms with Crippen LogP contribution in [0.2, 0.25) is 0 Å². The molecule has 0 rings (SSSR count). The molecule has 0 aromatic heterocycles. The van der Waals surface area contributed by atoms with Crippen molar-refractivity contribution in [2.75, 3.05) is 19.8 Å². The molecule has 0 amide bonds. The van der Waals surface area contributed by atoms with E-state index in [-0.39, 0.29) is 6.61 Å². The van der Waals surface area contributed by atoms with E-state index in [0.29, 0.717) is 0 Å². The van der Waals surface area contributed by atoms with E-state index in [1.165, 1.54) is 0 Å². The first-order chi connectivity index (χ1) is 6.69. The lowest BCUT2D eigenvalue weighted by atomic mass is 10.1. The summed E-state index contributed by atoms with van der Waals surface area (Å²) in [7, 11) is 0. The lowest BCUT2D eigenvalue weighted by Gasteiger charge is -2.22. The molecule has 0 bridgehead atoms. The molecule has 1 N–H and O–H groups in total. The van der Waals surface area contributed by atoms with Crippen LogP contribution < -0.4 is 0 Å². The monoisotopic (exact) mass is 240 g/mol. The van der Waals surface area contributed by atoms with Gasteiger partial charge in [-0.3, -0.25) is 0 Å². The normalized spacial score (nSPS) is 13.6. The van der Waals surface area contributed by atoms with E-state index in [4.69, 9.17) is 5.11 Å². The Morgan fingerprint density at radius 1 is 0.933 bits per heavy atom. The van der Waals surface area contributed by atoms with Crippen LogP contribution in [0.5, 0.6) is 0 Å². The fourth-order valence-electron chi connectivity index (χ4n) is 0.881. The molecule has 0 atom stereocenters. The first-order valence-electron chi connectivity index (χ1n) is 4.01. The molecule has 0 aliphatic rings. The summed E-state index contributed by atoms with van der Waals surface area (Å²) in [5.74, 6) is -3.37. The Morgan fingerprint density at radius 3 is 1.73 bits per heavy atom. The lowest BCUT2D eigenvalue weighted by Crippen LogP contribution is -2.37. The van der Waals surface area contributed by atoms with Crippen molar-refractivity contribution in [3.63, 3.8) is 0 Å². The Balaban J connectivity index is 4.17. The molecule has 0 heterocycles. The van der Waals surface area contributed by atoms with Crippen molar-refractivity contribution in [3.05, 3.63) is 0 Å². The number of aliphatic hydroxyl groups is 1. The van der Waals surface area contributed by atoms with Gasteiger partial charge in [-0.15, -0.1) is 0 Å². The van der Waals surface area contributed by atoms with Gasteiger partial charge in [0, 0.05) is 6.61 Å². The zero-order valence-corrected chi connectivity index (χ0v) is 7.53. The van der Waals surface area contributed by atoms with Gasteiger partial charge >= 0.3 is 12.4 Å². The second-order valence-corrected chi connectivity index (χ2v) is 2.76. The van der Waals surface area contributed by atoms with Gasteiger partial charge in [0.25, 0.3) is 0 Å². The first kappa shape index (κ1) is 14.5. The lowest BCUT2D eigenvalue weighted by molar-refractivity contribution is -0.287. The molecule has 0 fully saturated rings. The fourth-order valence-corrected chi connectivity index (χ4v) is 0.881. The molecule has 2 nitrogen and oxygen atoms in total. The molecule has 0 aliphatic heterocycles. The molecule has 8 heteroatoms. The highest BCUT2D eigenvalue weighted by Gasteiger charge is 2.55. The van der Waals surface area contributed by atoms with Crippen LogP contribution in [0.3, 0.4) is 0 Å². The van der Waals surface area contributed by atoms with Crippen molar-refractivity contribution >= 4 is 0 Å². The highest BCUT2D eigenvalue weighted by Crippen LogP contribution is 2.41. The van der Waals surface area contributed by atoms with Gasteiger partial charge < -0.3 is 9.84 Å². The topological polar surface area (TPSA) is 29.5 Å². The van der Waals surface area contributed by atoms with E-state index in [1.807, 2.05) is 0 Å². The Morgan fingerprint density at radius 2 is 1.40 bits per heavy atom. The van der Waals surface area contributed by atoms with E-state index in [2.05, 4.69) is 4.74 Å². The molecule has 0 spiro atoms. The first-order valence-corrected chi connectivity index (χ1v) is 4.01. The molecule has 15 heavy (non-hydrogen) atoms. The summed E-state index contributed by atoms with van der Waals surface area (Å²) < 4.78 is 75.8. The zero-order chi connectivity index (χ0) is 12.1. The molecule has 0 unspecified atom stereocenters. The molecule has 0 radical (unpaired) electrons. The minimum Gasteiger partial charge on any atom is -0.394 e. The van der Waals surface area contributed by atoms with E-state index in [0.717, 1.165) is 0 Å². The van der Waals surface area contributed by atoms with Gasteiger partial charge in [-0.05, 0) is 6.42 Å². The predicted molar refractivity (Wildman–Crippen MR) is 38.1 cm³/mol. The second kappa shape index (κ2) is 5.55. The summed E-state index contributed by atoms with van der Waals surface area (Å²) in [6, 6.07) is 0. The van der Waals surface area contributed by atoms with E-state index >= 15 is 0 Å². The summed E-state index contributed by atoms with van der Waals surface area (Å²) in [6.07, 6.45) is -11.8. The third-order valence-corrected chi connectivity index (χ3v) is 1.58. The third-order valence-electron chi connectivity index (χ3n) is 1.58. The summed E-state index contributed by atoms with van der Waals surface area (Å²) in [5.41, 5.74) is 0. The maximum absolute atomic E-state index is 11.9. The highest BCUT2D eigenvalue weighted by atomic mass is 19.4. The molecule has 0 aliphatic carbocycles. The summed E-state index contributed by atoms with van der Waals surface area (Å²) in [6.45, 7) is -1.41. The number of hydrogen-bond donors (Lipinski definition) is 1. The molecule has 0 aromatic rings. The number of rotatable bonds is 5. The van der Waals surface area contributed by atoms with Crippen molar-refractivity contribution in [3.8, 4) is 0 Å². The van der Waals surface area contributed by atoms with Crippen LogP contribution in [0.4, 0.5) is 26.3 Å². The van der Waals surface area contributed by atoms with Crippen LogP contribution in [0.25, 0.3) is 0 Å². The van der Waals surface area contributed by atoms with Crippen molar-refractivity contribution in [2.24, 2.45) is 5.92 Å². The van der Waals surface area contributed by atoms with E-state index in [1.54, 1.807) is 0 Å². The minimum absolute atomic E-state index is 0.275. The van der Waals surface area contributed by atoms with Gasteiger partial charge in [-0.1, -0.05) is 0 Å². The minimum atomic E-state index is -5.32. The summed E-state index contributed by atoms with van der Waals surface area (Å²) in [4.78, 5) is 0. The molecule has 92 valence electrons. The van der Waals surface area contributed by atoms with Gasteiger partial charge in [0.15, 0.2) is 5.92 Å². The van der Waals surface area contributed by atoms with Crippen molar-refractivity contribution in [1.82, 2.24) is 0 Å². The molecule has 0 saturated heterocycles. The number of aliphatic hydroxyl groups excluding tert-OH is 1. The Kier molecular flexibility index (Phi) is 5.36. The van der Waals surface area contributed by atoms with E-state index in [9.17, 15) is 26.3 Å². The third kappa shape index (κ3) is 5.83. The standard InChI is InChI=1S/C7H10F6O2/c8-6(9,10)5(7(11,12)13)1-3-15-4-2-14/h5,14H,1-4H2. The Labute approximate surface area is 81.8 Å². The number of ether oxygens (including phenoxy) is 1. The van der Waals surface area contributed by atoms with Crippen molar-refractivity contribution < 1.29 is 36.2 Å². The number of alkyl halides is 6. The smallest absolute Gasteiger partial charge is 0.394 e. The van der Waals surface area contributed by atoms with Crippen molar-refractivity contribution in [1.29, 1.82) is 0 Å².